The van der Waals surface area contributed by atoms with E-state index in [1.165, 1.54) is 4.31 Å². The zero-order valence-electron chi connectivity index (χ0n) is 12.0. The van der Waals surface area contributed by atoms with Gasteiger partial charge in [-0.05, 0) is 24.8 Å². The first-order valence-electron chi connectivity index (χ1n) is 6.81. The Morgan fingerprint density at radius 3 is 2.44 bits per heavy atom. The summed E-state index contributed by atoms with van der Waals surface area (Å²) < 4.78 is 28.2. The van der Waals surface area contributed by atoms with Gasteiger partial charge >= 0.3 is 0 Å². The summed E-state index contributed by atoms with van der Waals surface area (Å²) in [5, 5.41) is 3.41. The highest BCUT2D eigenvalue weighted by Gasteiger charge is 2.33. The Hall–Kier alpha value is -0.170. The van der Waals surface area contributed by atoms with E-state index in [0.717, 1.165) is 19.4 Å². The van der Waals surface area contributed by atoms with Crippen molar-refractivity contribution in [1.82, 2.24) is 14.3 Å². The van der Waals surface area contributed by atoms with Crippen LogP contribution in [0.4, 0.5) is 0 Å². The van der Waals surface area contributed by atoms with Crippen molar-refractivity contribution in [2.45, 2.75) is 46.6 Å². The maximum absolute atomic E-state index is 12.0. The number of piperidine rings is 1. The van der Waals surface area contributed by atoms with Crippen molar-refractivity contribution in [1.29, 1.82) is 0 Å². The number of rotatable bonds is 6. The summed E-state index contributed by atoms with van der Waals surface area (Å²) in [6, 6.07) is 0.205. The lowest BCUT2D eigenvalue weighted by molar-refractivity contribution is 0.181. The van der Waals surface area contributed by atoms with Crippen molar-refractivity contribution < 1.29 is 8.42 Å². The highest BCUT2D eigenvalue weighted by atomic mass is 32.2. The van der Waals surface area contributed by atoms with Crippen molar-refractivity contribution >= 4 is 10.2 Å². The van der Waals surface area contributed by atoms with Crippen LogP contribution in [-0.2, 0) is 10.2 Å². The molecule has 1 aliphatic heterocycles. The fourth-order valence-corrected chi connectivity index (χ4v) is 3.70. The van der Waals surface area contributed by atoms with E-state index >= 15 is 0 Å². The number of nitrogens with zero attached hydrogens (tertiary/aromatic N) is 1. The minimum atomic E-state index is -3.33. The molecular weight excluding hydrogens is 250 g/mol. The molecule has 1 heterocycles. The molecule has 2 N–H and O–H groups in total. The fourth-order valence-electron chi connectivity index (χ4n) is 2.46. The van der Waals surface area contributed by atoms with E-state index < -0.39 is 10.2 Å². The normalized spacial score (nSPS) is 24.4. The van der Waals surface area contributed by atoms with Crippen LogP contribution in [0.3, 0.4) is 0 Å². The predicted octanol–water partition coefficient (Wildman–Crippen LogP) is 0.941. The van der Waals surface area contributed by atoms with Crippen LogP contribution in [0, 0.1) is 5.41 Å². The summed E-state index contributed by atoms with van der Waals surface area (Å²) in [6.45, 7) is 10.5. The highest BCUT2D eigenvalue weighted by molar-refractivity contribution is 7.87. The van der Waals surface area contributed by atoms with Gasteiger partial charge in [0.25, 0.3) is 10.2 Å². The van der Waals surface area contributed by atoms with Crippen LogP contribution in [0.2, 0.25) is 0 Å². The van der Waals surface area contributed by atoms with E-state index in [9.17, 15) is 8.42 Å². The minimum absolute atomic E-state index is 0.143. The molecule has 0 saturated carbocycles. The van der Waals surface area contributed by atoms with Gasteiger partial charge in [-0.1, -0.05) is 27.7 Å². The van der Waals surface area contributed by atoms with Crippen LogP contribution in [0.15, 0.2) is 0 Å². The highest BCUT2D eigenvalue weighted by Crippen LogP contribution is 2.29. The molecule has 108 valence electrons. The summed E-state index contributed by atoms with van der Waals surface area (Å²) in [5.74, 6) is 0. The molecule has 6 heteroatoms. The maximum Gasteiger partial charge on any atom is 0.279 e. The molecule has 0 aromatic rings. The van der Waals surface area contributed by atoms with Crippen molar-refractivity contribution in [3.8, 4) is 0 Å². The van der Waals surface area contributed by atoms with Crippen molar-refractivity contribution in [2.24, 2.45) is 5.41 Å². The number of hydrogen-bond acceptors (Lipinski definition) is 3. The van der Waals surface area contributed by atoms with Gasteiger partial charge in [0, 0.05) is 25.7 Å². The van der Waals surface area contributed by atoms with E-state index in [2.05, 4.69) is 23.9 Å². The molecule has 1 rings (SSSR count). The smallest absolute Gasteiger partial charge is 0.279 e. The number of nitrogens with one attached hydrogen (secondary N) is 2. The van der Waals surface area contributed by atoms with E-state index in [0.29, 0.717) is 19.6 Å². The standard InChI is InChI=1S/C12H27N3O2S/c1-5-15(6-2)18(16,17)14-10-11-12(3,4)8-7-9-13-11/h11,13-14H,5-10H2,1-4H3. The summed E-state index contributed by atoms with van der Waals surface area (Å²) in [7, 11) is -3.33. The third-order valence-corrected chi connectivity index (χ3v) is 5.57. The topological polar surface area (TPSA) is 61.4 Å². The summed E-state index contributed by atoms with van der Waals surface area (Å²) >= 11 is 0. The molecule has 0 amide bonds. The monoisotopic (exact) mass is 277 g/mol. The fraction of sp³-hybridized carbons (Fsp3) is 1.00. The molecule has 18 heavy (non-hydrogen) atoms. The average molecular weight is 277 g/mol. The Balaban J connectivity index is 2.59. The van der Waals surface area contributed by atoms with Crippen LogP contribution >= 0.6 is 0 Å². The van der Waals surface area contributed by atoms with Gasteiger partial charge in [-0.25, -0.2) is 4.72 Å². The van der Waals surface area contributed by atoms with Gasteiger partial charge in [-0.2, -0.15) is 12.7 Å². The largest absolute Gasteiger partial charge is 0.312 e. The molecule has 1 fully saturated rings. The molecule has 1 atom stereocenters. The van der Waals surface area contributed by atoms with Crippen LogP contribution in [0.1, 0.15) is 40.5 Å². The van der Waals surface area contributed by atoms with Crippen LogP contribution in [-0.4, -0.2) is 44.9 Å². The summed E-state index contributed by atoms with van der Waals surface area (Å²) in [5.41, 5.74) is 0.143. The van der Waals surface area contributed by atoms with Gasteiger partial charge in [0.2, 0.25) is 0 Å². The molecule has 0 radical (unpaired) electrons. The van der Waals surface area contributed by atoms with Gasteiger partial charge in [0.15, 0.2) is 0 Å². The second-order valence-corrected chi connectivity index (χ2v) is 7.29. The van der Waals surface area contributed by atoms with E-state index in [1.807, 2.05) is 13.8 Å². The van der Waals surface area contributed by atoms with E-state index in [1.54, 1.807) is 0 Å². The zero-order valence-corrected chi connectivity index (χ0v) is 12.8. The molecule has 0 aromatic heterocycles. The first-order chi connectivity index (χ1) is 8.33. The predicted molar refractivity (Wildman–Crippen MR) is 74.6 cm³/mol. The molecule has 0 aliphatic carbocycles. The summed E-state index contributed by atoms with van der Waals surface area (Å²) in [4.78, 5) is 0. The molecule has 1 saturated heterocycles. The van der Waals surface area contributed by atoms with Gasteiger partial charge in [0.1, 0.15) is 0 Å². The Bertz CT molecular complexity index is 350. The zero-order chi connectivity index (χ0) is 13.8. The lowest BCUT2D eigenvalue weighted by atomic mass is 9.78. The second kappa shape index (κ2) is 6.32. The Kier molecular flexibility index (Phi) is 5.58. The Morgan fingerprint density at radius 1 is 1.33 bits per heavy atom. The van der Waals surface area contributed by atoms with Crippen LogP contribution in [0.5, 0.6) is 0 Å². The van der Waals surface area contributed by atoms with Crippen molar-refractivity contribution in [3.05, 3.63) is 0 Å². The first kappa shape index (κ1) is 15.9. The lowest BCUT2D eigenvalue weighted by Gasteiger charge is -2.39. The molecule has 0 spiro atoms. The quantitative estimate of drug-likeness (QED) is 0.759. The van der Waals surface area contributed by atoms with Gasteiger partial charge in [-0.15, -0.1) is 0 Å². The van der Waals surface area contributed by atoms with Crippen molar-refractivity contribution in [2.75, 3.05) is 26.2 Å². The van der Waals surface area contributed by atoms with E-state index in [4.69, 9.17) is 0 Å². The third-order valence-electron chi connectivity index (χ3n) is 3.85. The van der Waals surface area contributed by atoms with Gasteiger partial charge < -0.3 is 5.32 Å². The molecule has 0 bridgehead atoms. The second-order valence-electron chi connectivity index (χ2n) is 5.54. The molecular formula is C12H27N3O2S. The average Bonchev–Trinajstić information content (AvgIpc) is 2.28. The van der Waals surface area contributed by atoms with Crippen LogP contribution in [0.25, 0.3) is 0 Å². The first-order valence-corrected chi connectivity index (χ1v) is 8.25. The minimum Gasteiger partial charge on any atom is -0.312 e. The van der Waals surface area contributed by atoms with Crippen molar-refractivity contribution in [3.63, 3.8) is 0 Å². The molecule has 1 aliphatic rings. The molecule has 5 nitrogen and oxygen atoms in total. The van der Waals surface area contributed by atoms with Gasteiger partial charge in [0.05, 0.1) is 0 Å². The maximum atomic E-state index is 12.0. The Labute approximate surface area is 112 Å². The van der Waals surface area contributed by atoms with Crippen LogP contribution < -0.4 is 10.0 Å². The summed E-state index contributed by atoms with van der Waals surface area (Å²) in [6.07, 6.45) is 2.30. The Morgan fingerprint density at radius 2 is 1.94 bits per heavy atom. The SMILES string of the molecule is CCN(CC)S(=O)(=O)NCC1NCCCC1(C)C. The van der Waals surface area contributed by atoms with E-state index in [-0.39, 0.29) is 11.5 Å². The van der Waals surface area contributed by atoms with Gasteiger partial charge in [-0.3, -0.25) is 0 Å². The molecule has 1 unspecified atom stereocenters. The third kappa shape index (κ3) is 3.91. The lowest BCUT2D eigenvalue weighted by Crippen LogP contribution is -2.54. The number of hydrogen-bond donors (Lipinski definition) is 2. The molecule has 0 aromatic carbocycles.